The predicted molar refractivity (Wildman–Crippen MR) is 85.4 cm³/mol. The van der Waals surface area contributed by atoms with E-state index in [-0.39, 0.29) is 5.82 Å². The van der Waals surface area contributed by atoms with E-state index in [2.05, 4.69) is 29.2 Å². The lowest BCUT2D eigenvalue weighted by atomic mass is 9.92. The Kier molecular flexibility index (Phi) is 1.92. The van der Waals surface area contributed by atoms with E-state index in [4.69, 9.17) is 0 Å². The van der Waals surface area contributed by atoms with Gasteiger partial charge in [-0.2, -0.15) is 0 Å². The first-order valence-electron chi connectivity index (χ1n) is 6.94. The Morgan fingerprint density at radius 2 is 1.57 bits per heavy atom. The van der Waals surface area contributed by atoms with Gasteiger partial charge in [-0.1, -0.05) is 30.3 Å². The number of aromatic nitrogens is 1. The van der Waals surface area contributed by atoms with Gasteiger partial charge in [0.05, 0.1) is 5.52 Å². The Morgan fingerprint density at radius 1 is 0.714 bits per heavy atom. The number of benzene rings is 4. The minimum Gasteiger partial charge on any atom is -0.256 e. The largest absolute Gasteiger partial charge is 0.256 e. The molecule has 0 N–H and O–H groups in total. The molecule has 0 fully saturated rings. The maximum absolute atomic E-state index is 13.7. The van der Waals surface area contributed by atoms with Crippen molar-refractivity contribution in [1.82, 2.24) is 4.98 Å². The molecule has 0 bridgehead atoms. The summed E-state index contributed by atoms with van der Waals surface area (Å²) >= 11 is 0. The van der Waals surface area contributed by atoms with Crippen molar-refractivity contribution in [1.29, 1.82) is 0 Å². The molecule has 0 radical (unpaired) electrons. The predicted octanol–water partition coefficient (Wildman–Crippen LogP) is 5.27. The van der Waals surface area contributed by atoms with Gasteiger partial charge in [0.15, 0.2) is 0 Å². The zero-order valence-electron chi connectivity index (χ0n) is 11.1. The molecular weight excluding hydrogens is 261 g/mol. The van der Waals surface area contributed by atoms with Crippen molar-refractivity contribution in [2.75, 3.05) is 0 Å². The molecule has 0 amide bonds. The van der Waals surface area contributed by atoms with Crippen molar-refractivity contribution in [3.63, 3.8) is 0 Å². The molecule has 0 aliphatic rings. The molecule has 2 heteroatoms. The maximum Gasteiger partial charge on any atom is 0.123 e. The molecule has 21 heavy (non-hydrogen) atoms. The number of pyridine rings is 1. The highest BCUT2D eigenvalue weighted by Gasteiger charge is 2.13. The summed E-state index contributed by atoms with van der Waals surface area (Å²) < 4.78 is 13.7. The molecule has 0 saturated carbocycles. The molecule has 98 valence electrons. The summed E-state index contributed by atoms with van der Waals surface area (Å²) in [6.45, 7) is 0. The van der Waals surface area contributed by atoms with Crippen molar-refractivity contribution in [2.24, 2.45) is 0 Å². The average Bonchev–Trinajstić information content (AvgIpc) is 2.53. The van der Waals surface area contributed by atoms with E-state index in [1.165, 1.54) is 27.6 Å². The standard InChI is InChI=1S/C19H10FN/c20-13-6-7-15-16(10-13)14-3-1-2-11-4-5-12-8-9-21-19(15)18(12)17(11)14/h1-10H. The topological polar surface area (TPSA) is 12.9 Å². The number of rotatable bonds is 0. The Balaban J connectivity index is 2.29. The monoisotopic (exact) mass is 271 g/mol. The fraction of sp³-hybridized carbons (Fsp3) is 0. The third kappa shape index (κ3) is 1.32. The molecule has 1 aromatic heterocycles. The zero-order valence-corrected chi connectivity index (χ0v) is 11.1. The molecule has 5 rings (SSSR count). The van der Waals surface area contributed by atoms with Crippen molar-refractivity contribution >= 4 is 43.2 Å². The minimum absolute atomic E-state index is 0.211. The quantitative estimate of drug-likeness (QED) is 0.276. The second kappa shape index (κ2) is 3.67. The van der Waals surface area contributed by atoms with E-state index in [1.54, 1.807) is 6.07 Å². The van der Waals surface area contributed by atoms with Crippen LogP contribution in [0.15, 0.2) is 60.8 Å². The first-order valence-corrected chi connectivity index (χ1v) is 6.94. The normalized spacial score (nSPS) is 12.0. The lowest BCUT2D eigenvalue weighted by molar-refractivity contribution is 0.630. The van der Waals surface area contributed by atoms with Gasteiger partial charge in [0, 0.05) is 17.0 Å². The number of nitrogens with zero attached hydrogens (tertiary/aromatic N) is 1. The van der Waals surface area contributed by atoms with E-state index in [0.29, 0.717) is 0 Å². The highest BCUT2D eigenvalue weighted by Crippen LogP contribution is 2.39. The molecule has 5 aromatic rings. The van der Waals surface area contributed by atoms with Gasteiger partial charge < -0.3 is 0 Å². The van der Waals surface area contributed by atoms with Crippen LogP contribution in [0.4, 0.5) is 4.39 Å². The summed E-state index contributed by atoms with van der Waals surface area (Å²) in [5, 5.41) is 7.72. The molecule has 0 atom stereocenters. The van der Waals surface area contributed by atoms with Crippen LogP contribution >= 0.6 is 0 Å². The number of hydrogen-bond acceptors (Lipinski definition) is 1. The van der Waals surface area contributed by atoms with Crippen molar-refractivity contribution < 1.29 is 4.39 Å². The molecule has 0 aliphatic carbocycles. The van der Waals surface area contributed by atoms with Gasteiger partial charge in [-0.25, -0.2) is 4.39 Å². The fourth-order valence-corrected chi connectivity index (χ4v) is 3.42. The second-order valence-corrected chi connectivity index (χ2v) is 5.42. The van der Waals surface area contributed by atoms with E-state index < -0.39 is 0 Å². The van der Waals surface area contributed by atoms with Crippen LogP contribution in [0.3, 0.4) is 0 Å². The summed E-state index contributed by atoms with van der Waals surface area (Å²) in [7, 11) is 0. The highest BCUT2D eigenvalue weighted by molar-refractivity contribution is 6.32. The van der Waals surface area contributed by atoms with Crippen LogP contribution in [0, 0.1) is 5.82 Å². The van der Waals surface area contributed by atoms with Crippen molar-refractivity contribution in [3.05, 3.63) is 66.6 Å². The van der Waals surface area contributed by atoms with Crippen LogP contribution in [0.1, 0.15) is 0 Å². The molecule has 1 nitrogen and oxygen atoms in total. The third-order valence-electron chi connectivity index (χ3n) is 4.30. The number of fused-ring (bicyclic) bond motifs is 3. The molecule has 0 aliphatic heterocycles. The number of hydrogen-bond donors (Lipinski definition) is 0. The maximum atomic E-state index is 13.7. The van der Waals surface area contributed by atoms with E-state index in [1.807, 2.05) is 24.4 Å². The van der Waals surface area contributed by atoms with Crippen molar-refractivity contribution in [3.8, 4) is 0 Å². The van der Waals surface area contributed by atoms with Gasteiger partial charge in [-0.3, -0.25) is 4.98 Å². The van der Waals surface area contributed by atoms with E-state index in [0.717, 1.165) is 21.7 Å². The lowest BCUT2D eigenvalue weighted by Crippen LogP contribution is -1.89. The molecule has 0 spiro atoms. The van der Waals surface area contributed by atoms with E-state index >= 15 is 0 Å². The van der Waals surface area contributed by atoms with Gasteiger partial charge in [0.2, 0.25) is 0 Å². The van der Waals surface area contributed by atoms with Gasteiger partial charge >= 0.3 is 0 Å². The van der Waals surface area contributed by atoms with E-state index in [9.17, 15) is 4.39 Å². The van der Waals surface area contributed by atoms with Gasteiger partial charge in [-0.05, 0) is 51.2 Å². The fourth-order valence-electron chi connectivity index (χ4n) is 3.42. The lowest BCUT2D eigenvalue weighted by Gasteiger charge is -2.13. The summed E-state index contributed by atoms with van der Waals surface area (Å²) in [5.74, 6) is -0.211. The van der Waals surface area contributed by atoms with Crippen LogP contribution in [-0.4, -0.2) is 4.98 Å². The Hall–Kier alpha value is -2.74. The second-order valence-electron chi connectivity index (χ2n) is 5.42. The van der Waals surface area contributed by atoms with Crippen LogP contribution < -0.4 is 0 Å². The Morgan fingerprint density at radius 3 is 2.48 bits per heavy atom. The van der Waals surface area contributed by atoms with Crippen LogP contribution in [0.25, 0.3) is 43.2 Å². The Labute approximate surface area is 120 Å². The van der Waals surface area contributed by atoms with Gasteiger partial charge in [0.25, 0.3) is 0 Å². The zero-order chi connectivity index (χ0) is 14.0. The highest BCUT2D eigenvalue weighted by atomic mass is 19.1. The smallest absolute Gasteiger partial charge is 0.123 e. The van der Waals surface area contributed by atoms with Crippen LogP contribution in [0.2, 0.25) is 0 Å². The van der Waals surface area contributed by atoms with Crippen LogP contribution in [0.5, 0.6) is 0 Å². The molecular formula is C19H10FN. The summed E-state index contributed by atoms with van der Waals surface area (Å²) in [6, 6.07) is 17.4. The van der Waals surface area contributed by atoms with Crippen LogP contribution in [-0.2, 0) is 0 Å². The first-order chi connectivity index (χ1) is 10.3. The molecule has 1 heterocycles. The van der Waals surface area contributed by atoms with Gasteiger partial charge in [-0.15, -0.1) is 0 Å². The van der Waals surface area contributed by atoms with Gasteiger partial charge in [0.1, 0.15) is 5.82 Å². The first kappa shape index (κ1) is 11.0. The summed E-state index contributed by atoms with van der Waals surface area (Å²) in [4.78, 5) is 4.57. The third-order valence-corrected chi connectivity index (χ3v) is 4.30. The Bertz CT molecular complexity index is 1140. The average molecular weight is 271 g/mol. The molecule has 0 saturated heterocycles. The molecule has 4 aromatic carbocycles. The number of halogens is 1. The molecule has 0 unspecified atom stereocenters. The SMILES string of the molecule is Fc1ccc2c(c1)c1cccc3ccc4ccnc2c4c31. The minimum atomic E-state index is -0.211. The summed E-state index contributed by atoms with van der Waals surface area (Å²) in [5.41, 5.74) is 0.951. The summed E-state index contributed by atoms with van der Waals surface area (Å²) in [6.07, 6.45) is 1.82. The van der Waals surface area contributed by atoms with Crippen molar-refractivity contribution in [2.45, 2.75) is 0 Å².